The van der Waals surface area contributed by atoms with Crippen LogP contribution < -0.4 is 5.32 Å². The number of hydrogen-bond donors (Lipinski definition) is 1. The molecule has 0 radical (unpaired) electrons. The van der Waals surface area contributed by atoms with Crippen LogP contribution in [-0.2, 0) is 17.6 Å². The van der Waals surface area contributed by atoms with Crippen molar-refractivity contribution in [1.82, 2.24) is 10.1 Å². The van der Waals surface area contributed by atoms with Crippen LogP contribution >= 0.6 is 11.8 Å². The minimum absolute atomic E-state index is 0.195. The van der Waals surface area contributed by atoms with Crippen LogP contribution in [0.5, 0.6) is 0 Å². The maximum atomic E-state index is 12.3. The SMILES string of the molecule is Cc1cc(NC(=O)C(C)Sc2nc3c(cc2C#N)CCCCC3)no1. The third-order valence-corrected chi connectivity index (χ3v) is 5.28. The molecule has 1 N–H and O–H groups in total. The fourth-order valence-electron chi connectivity index (χ4n) is 2.84. The first-order valence-corrected chi connectivity index (χ1v) is 9.28. The molecule has 1 aliphatic carbocycles. The number of amides is 1. The van der Waals surface area contributed by atoms with E-state index < -0.39 is 5.25 Å². The highest BCUT2D eigenvalue weighted by atomic mass is 32.2. The minimum atomic E-state index is -0.402. The topological polar surface area (TPSA) is 91.8 Å². The van der Waals surface area contributed by atoms with Crippen LogP contribution in [-0.4, -0.2) is 21.3 Å². The van der Waals surface area contributed by atoms with Gasteiger partial charge >= 0.3 is 0 Å². The number of hydrogen-bond acceptors (Lipinski definition) is 6. The van der Waals surface area contributed by atoms with E-state index in [4.69, 9.17) is 9.51 Å². The van der Waals surface area contributed by atoms with Gasteiger partial charge in [-0.3, -0.25) is 4.79 Å². The number of aromatic nitrogens is 2. The second-order valence-corrected chi connectivity index (χ2v) is 7.52. The maximum Gasteiger partial charge on any atom is 0.238 e. The molecular weight excluding hydrogens is 336 g/mol. The van der Waals surface area contributed by atoms with Crippen molar-refractivity contribution in [2.45, 2.75) is 56.2 Å². The van der Waals surface area contributed by atoms with Crippen molar-refractivity contribution < 1.29 is 9.32 Å². The number of carbonyl (C=O) groups is 1. The second-order valence-electron chi connectivity index (χ2n) is 6.19. The van der Waals surface area contributed by atoms with E-state index in [9.17, 15) is 10.1 Å². The van der Waals surface area contributed by atoms with Crippen LogP contribution in [0, 0.1) is 18.3 Å². The highest BCUT2D eigenvalue weighted by Gasteiger charge is 2.21. The van der Waals surface area contributed by atoms with E-state index in [2.05, 4.69) is 16.5 Å². The molecule has 0 fully saturated rings. The molecule has 0 spiro atoms. The summed E-state index contributed by atoms with van der Waals surface area (Å²) < 4.78 is 4.95. The van der Waals surface area contributed by atoms with Crippen LogP contribution in [0.1, 0.15) is 48.8 Å². The van der Waals surface area contributed by atoms with Gasteiger partial charge in [0.1, 0.15) is 16.9 Å². The van der Waals surface area contributed by atoms with Crippen LogP contribution in [0.3, 0.4) is 0 Å². The highest BCUT2D eigenvalue weighted by Crippen LogP contribution is 2.29. The zero-order chi connectivity index (χ0) is 17.8. The Hall–Kier alpha value is -2.33. The smallest absolute Gasteiger partial charge is 0.238 e. The average molecular weight is 356 g/mol. The van der Waals surface area contributed by atoms with Gasteiger partial charge in [0.15, 0.2) is 5.82 Å². The molecule has 3 rings (SSSR count). The number of carbonyl (C=O) groups excluding carboxylic acids is 1. The number of nitrogens with zero attached hydrogens (tertiary/aromatic N) is 3. The summed E-state index contributed by atoms with van der Waals surface area (Å²) in [7, 11) is 0. The predicted octanol–water partition coefficient (Wildman–Crippen LogP) is 3.64. The van der Waals surface area contributed by atoms with Gasteiger partial charge in [-0.05, 0) is 51.2 Å². The summed E-state index contributed by atoms with van der Waals surface area (Å²) in [6.45, 7) is 3.56. The molecule has 2 aromatic heterocycles. The average Bonchev–Trinajstić information content (AvgIpc) is 2.87. The van der Waals surface area contributed by atoms with Crippen molar-refractivity contribution in [3.63, 3.8) is 0 Å². The summed E-state index contributed by atoms with van der Waals surface area (Å²) in [4.78, 5) is 17.0. The van der Waals surface area contributed by atoms with Crippen LogP contribution in [0.25, 0.3) is 0 Å². The van der Waals surface area contributed by atoms with E-state index in [1.807, 2.05) is 6.07 Å². The molecule has 2 aromatic rings. The molecule has 2 heterocycles. The van der Waals surface area contributed by atoms with Crippen LogP contribution in [0.15, 0.2) is 21.7 Å². The third-order valence-electron chi connectivity index (χ3n) is 4.17. The number of aryl methyl sites for hydroxylation is 3. The number of pyridine rings is 1. The summed E-state index contributed by atoms with van der Waals surface area (Å²) in [5.74, 6) is 0.832. The Balaban J connectivity index is 1.75. The molecule has 1 atom stereocenters. The highest BCUT2D eigenvalue weighted by molar-refractivity contribution is 8.00. The lowest BCUT2D eigenvalue weighted by Gasteiger charge is -2.13. The monoisotopic (exact) mass is 356 g/mol. The molecule has 0 bridgehead atoms. The Morgan fingerprint density at radius 3 is 2.88 bits per heavy atom. The van der Waals surface area contributed by atoms with E-state index >= 15 is 0 Å². The van der Waals surface area contributed by atoms with Gasteiger partial charge in [0.05, 0.1) is 10.8 Å². The Morgan fingerprint density at radius 1 is 1.36 bits per heavy atom. The van der Waals surface area contributed by atoms with Crippen molar-refractivity contribution in [2.24, 2.45) is 0 Å². The fourth-order valence-corrected chi connectivity index (χ4v) is 3.73. The quantitative estimate of drug-likeness (QED) is 0.664. The molecule has 7 heteroatoms. The Labute approximate surface area is 151 Å². The normalized spacial score (nSPS) is 14.9. The molecule has 1 aliphatic rings. The standard InChI is InChI=1S/C18H20N4O2S/c1-11-8-16(22-24-11)21-17(23)12(2)25-18-14(10-19)9-13-6-4-3-5-7-15(13)20-18/h8-9,12H,3-7H2,1-2H3,(H,21,22,23). The van der Waals surface area contributed by atoms with E-state index in [-0.39, 0.29) is 5.91 Å². The second kappa shape index (κ2) is 7.70. The van der Waals surface area contributed by atoms with Gasteiger partial charge in [0.2, 0.25) is 5.91 Å². The summed E-state index contributed by atoms with van der Waals surface area (Å²) >= 11 is 1.30. The van der Waals surface area contributed by atoms with Crippen molar-refractivity contribution in [3.8, 4) is 6.07 Å². The number of nitrogens with one attached hydrogen (secondary N) is 1. The predicted molar refractivity (Wildman–Crippen MR) is 95.4 cm³/mol. The molecule has 6 nitrogen and oxygen atoms in total. The molecule has 0 aliphatic heterocycles. The fraction of sp³-hybridized carbons (Fsp3) is 0.444. The van der Waals surface area contributed by atoms with Crippen molar-refractivity contribution in [2.75, 3.05) is 5.32 Å². The molecule has 0 saturated heterocycles. The summed E-state index contributed by atoms with van der Waals surface area (Å²) in [6.07, 6.45) is 5.37. The number of thioether (sulfide) groups is 1. The third kappa shape index (κ3) is 4.20. The first-order chi connectivity index (χ1) is 12.1. The van der Waals surface area contributed by atoms with Gasteiger partial charge < -0.3 is 9.84 Å². The molecule has 0 aromatic carbocycles. The maximum absolute atomic E-state index is 12.3. The number of anilines is 1. The Morgan fingerprint density at radius 2 is 2.16 bits per heavy atom. The Bertz CT molecular complexity index is 825. The first-order valence-electron chi connectivity index (χ1n) is 8.40. The minimum Gasteiger partial charge on any atom is -0.360 e. The van der Waals surface area contributed by atoms with E-state index in [0.717, 1.165) is 31.4 Å². The van der Waals surface area contributed by atoms with Gasteiger partial charge in [0.25, 0.3) is 0 Å². The number of fused-ring (bicyclic) bond motifs is 1. The van der Waals surface area contributed by atoms with E-state index in [0.29, 0.717) is 22.2 Å². The molecule has 130 valence electrons. The van der Waals surface area contributed by atoms with Crippen LogP contribution in [0.4, 0.5) is 5.82 Å². The number of rotatable bonds is 4. The molecular formula is C18H20N4O2S. The first kappa shape index (κ1) is 17.5. The summed E-state index contributed by atoms with van der Waals surface area (Å²) in [5.41, 5.74) is 2.79. The zero-order valence-electron chi connectivity index (χ0n) is 14.3. The van der Waals surface area contributed by atoms with Gasteiger partial charge in [-0.1, -0.05) is 23.3 Å². The Kier molecular flexibility index (Phi) is 5.39. The van der Waals surface area contributed by atoms with Gasteiger partial charge in [0, 0.05) is 11.8 Å². The lowest BCUT2D eigenvalue weighted by Crippen LogP contribution is -2.23. The van der Waals surface area contributed by atoms with Crippen molar-refractivity contribution in [1.29, 1.82) is 5.26 Å². The summed E-state index contributed by atoms with van der Waals surface area (Å²) in [6, 6.07) is 5.83. The van der Waals surface area contributed by atoms with Gasteiger partial charge in [-0.2, -0.15) is 5.26 Å². The number of nitriles is 1. The van der Waals surface area contributed by atoms with Crippen molar-refractivity contribution >= 4 is 23.5 Å². The van der Waals surface area contributed by atoms with Gasteiger partial charge in [-0.25, -0.2) is 4.98 Å². The zero-order valence-corrected chi connectivity index (χ0v) is 15.2. The van der Waals surface area contributed by atoms with Gasteiger partial charge in [-0.15, -0.1) is 0 Å². The molecule has 1 amide bonds. The lowest BCUT2D eigenvalue weighted by atomic mass is 10.1. The molecule has 1 unspecified atom stereocenters. The van der Waals surface area contributed by atoms with Crippen molar-refractivity contribution in [3.05, 3.63) is 34.7 Å². The molecule has 25 heavy (non-hydrogen) atoms. The molecule has 0 saturated carbocycles. The summed E-state index contributed by atoms with van der Waals surface area (Å²) in [5, 5.41) is 16.2. The van der Waals surface area contributed by atoms with Crippen LogP contribution in [0.2, 0.25) is 0 Å². The largest absolute Gasteiger partial charge is 0.360 e. The van der Waals surface area contributed by atoms with E-state index in [1.54, 1.807) is 19.9 Å². The van der Waals surface area contributed by atoms with E-state index in [1.165, 1.54) is 23.7 Å². The lowest BCUT2D eigenvalue weighted by molar-refractivity contribution is -0.115.